The maximum absolute atomic E-state index is 15.1. The van der Waals surface area contributed by atoms with Gasteiger partial charge in [-0.05, 0) is 101 Å². The molecule has 5 heteroatoms. The van der Waals surface area contributed by atoms with E-state index in [0.717, 1.165) is 48.1 Å². The second-order valence-corrected chi connectivity index (χ2v) is 11.8. The minimum atomic E-state index is -0.245. The van der Waals surface area contributed by atoms with Gasteiger partial charge < -0.3 is 14.2 Å². The van der Waals surface area contributed by atoms with Crippen LogP contribution in [0.2, 0.25) is 0 Å². The molecule has 3 aromatic carbocycles. The number of halogens is 1. The third kappa shape index (κ3) is 6.13. The maximum atomic E-state index is 15.1. The average Bonchev–Trinajstić information content (AvgIpc) is 3.72. The van der Waals surface area contributed by atoms with E-state index in [1.54, 1.807) is 19.2 Å². The van der Waals surface area contributed by atoms with Crippen LogP contribution in [-0.2, 0) is 16.1 Å². The normalized spacial score (nSPS) is 18.9. The van der Waals surface area contributed by atoms with Crippen LogP contribution in [0.5, 0.6) is 11.5 Å². The summed E-state index contributed by atoms with van der Waals surface area (Å²) in [5.41, 5.74) is 4.98. The Kier molecular flexibility index (Phi) is 7.97. The van der Waals surface area contributed by atoms with Gasteiger partial charge in [-0.25, -0.2) is 4.39 Å². The van der Waals surface area contributed by atoms with E-state index in [1.807, 2.05) is 24.3 Å². The molecule has 0 N–H and O–H groups in total. The van der Waals surface area contributed by atoms with E-state index >= 15 is 4.39 Å². The number of esters is 1. The first-order valence-electron chi connectivity index (χ1n) is 14.1. The van der Waals surface area contributed by atoms with Gasteiger partial charge in [0.2, 0.25) is 0 Å². The summed E-state index contributed by atoms with van der Waals surface area (Å²) < 4.78 is 31.7. The summed E-state index contributed by atoms with van der Waals surface area (Å²) in [6.07, 6.45) is 6.09. The average molecular weight is 531 g/mol. The Morgan fingerprint density at radius 2 is 1.79 bits per heavy atom. The van der Waals surface area contributed by atoms with Crippen LogP contribution in [0.15, 0.2) is 60.7 Å². The van der Waals surface area contributed by atoms with E-state index in [-0.39, 0.29) is 23.1 Å². The van der Waals surface area contributed by atoms with Gasteiger partial charge in [-0.1, -0.05) is 50.6 Å². The van der Waals surface area contributed by atoms with Crippen LogP contribution in [0.4, 0.5) is 4.39 Å². The topological polar surface area (TPSA) is 44.8 Å². The number of hydrogen-bond donors (Lipinski definition) is 0. The number of carbonyl (C=O) groups is 1. The first-order valence-corrected chi connectivity index (χ1v) is 14.1. The summed E-state index contributed by atoms with van der Waals surface area (Å²) in [4.78, 5) is 12.0. The van der Waals surface area contributed by atoms with Crippen molar-refractivity contribution in [2.45, 2.75) is 70.8 Å². The molecule has 0 heterocycles. The van der Waals surface area contributed by atoms with Gasteiger partial charge in [-0.2, -0.15) is 0 Å². The van der Waals surface area contributed by atoms with Crippen molar-refractivity contribution in [2.75, 3.05) is 14.2 Å². The molecule has 0 bridgehead atoms. The summed E-state index contributed by atoms with van der Waals surface area (Å²) in [5.74, 6) is 2.04. The highest BCUT2D eigenvalue weighted by Crippen LogP contribution is 2.51. The zero-order valence-electron chi connectivity index (χ0n) is 23.5. The van der Waals surface area contributed by atoms with E-state index in [4.69, 9.17) is 14.2 Å². The Morgan fingerprint density at radius 1 is 0.974 bits per heavy atom. The molecule has 206 valence electrons. The van der Waals surface area contributed by atoms with Crippen LogP contribution in [0, 0.1) is 17.2 Å². The van der Waals surface area contributed by atoms with Crippen molar-refractivity contribution < 1.29 is 23.4 Å². The number of benzene rings is 3. The van der Waals surface area contributed by atoms with Crippen LogP contribution in [-0.4, -0.2) is 20.2 Å². The number of rotatable bonds is 10. The molecule has 2 saturated carbocycles. The molecule has 2 atom stereocenters. The molecular formula is C34H39FO4. The quantitative estimate of drug-likeness (QED) is 0.247. The Balaban J connectivity index is 1.42. The highest BCUT2D eigenvalue weighted by molar-refractivity contribution is 5.71. The summed E-state index contributed by atoms with van der Waals surface area (Å²) in [6.45, 7) is 5.04. The highest BCUT2D eigenvalue weighted by Gasteiger charge is 2.37. The van der Waals surface area contributed by atoms with Crippen molar-refractivity contribution in [2.24, 2.45) is 11.3 Å². The third-order valence-electron chi connectivity index (χ3n) is 8.71. The van der Waals surface area contributed by atoms with E-state index < -0.39 is 0 Å². The van der Waals surface area contributed by atoms with E-state index in [0.29, 0.717) is 36.2 Å². The lowest BCUT2D eigenvalue weighted by atomic mass is 9.75. The van der Waals surface area contributed by atoms with Gasteiger partial charge in [0.05, 0.1) is 20.6 Å². The maximum Gasteiger partial charge on any atom is 0.306 e. The Morgan fingerprint density at radius 3 is 2.49 bits per heavy atom. The fourth-order valence-corrected chi connectivity index (χ4v) is 6.30. The monoisotopic (exact) mass is 530 g/mol. The molecule has 1 unspecified atom stereocenters. The van der Waals surface area contributed by atoms with Crippen LogP contribution >= 0.6 is 0 Å². The van der Waals surface area contributed by atoms with Gasteiger partial charge in [0.25, 0.3) is 0 Å². The molecule has 2 aliphatic carbocycles. The zero-order chi connectivity index (χ0) is 27.6. The van der Waals surface area contributed by atoms with Crippen molar-refractivity contribution >= 4 is 5.97 Å². The van der Waals surface area contributed by atoms with Crippen LogP contribution in [0.3, 0.4) is 0 Å². The predicted octanol–water partition coefficient (Wildman–Crippen LogP) is 8.43. The molecule has 2 aliphatic rings. The number of methoxy groups -OCH3 is 2. The number of hydrogen-bond acceptors (Lipinski definition) is 4. The molecule has 0 aliphatic heterocycles. The highest BCUT2D eigenvalue weighted by atomic mass is 19.1. The van der Waals surface area contributed by atoms with Crippen LogP contribution < -0.4 is 9.47 Å². The van der Waals surface area contributed by atoms with Gasteiger partial charge in [0, 0.05) is 5.56 Å². The molecule has 0 aromatic heterocycles. The standard InChI is InChI=1S/C34H39FO4/c1-34(2)16-6-9-31(34)29-17-22(10-14-27(29)30-19-25(37-3)13-15-32(30)35)21-39-26-8-5-7-24(18-26)28(23-11-12-23)20-33(36)38-4/h5,7-8,10,13-15,17-19,23,28,31H,6,9,11-12,16,20-21H2,1-4H3/t28?,31-/m1/s1. The molecule has 3 aromatic rings. The van der Waals surface area contributed by atoms with Gasteiger partial charge in [0.15, 0.2) is 0 Å². The van der Waals surface area contributed by atoms with E-state index in [9.17, 15) is 4.79 Å². The van der Waals surface area contributed by atoms with Gasteiger partial charge in [-0.3, -0.25) is 4.79 Å². The smallest absolute Gasteiger partial charge is 0.306 e. The third-order valence-corrected chi connectivity index (χ3v) is 8.71. The Labute approximate surface area is 231 Å². The van der Waals surface area contributed by atoms with E-state index in [1.165, 1.54) is 25.2 Å². The lowest BCUT2D eigenvalue weighted by molar-refractivity contribution is -0.141. The molecule has 0 radical (unpaired) electrons. The second-order valence-electron chi connectivity index (χ2n) is 11.8. The van der Waals surface area contributed by atoms with Crippen LogP contribution in [0.25, 0.3) is 11.1 Å². The molecule has 0 amide bonds. The minimum absolute atomic E-state index is 0.134. The summed E-state index contributed by atoms with van der Waals surface area (Å²) in [7, 11) is 3.05. The first kappa shape index (κ1) is 27.2. The lowest BCUT2D eigenvalue weighted by Crippen LogP contribution is -2.17. The molecule has 0 saturated heterocycles. The van der Waals surface area contributed by atoms with Crippen molar-refractivity contribution in [3.63, 3.8) is 0 Å². The zero-order valence-corrected chi connectivity index (χ0v) is 23.5. The van der Waals surface area contributed by atoms with Crippen molar-refractivity contribution in [1.82, 2.24) is 0 Å². The van der Waals surface area contributed by atoms with E-state index in [2.05, 4.69) is 32.0 Å². The van der Waals surface area contributed by atoms with Gasteiger partial charge in [0.1, 0.15) is 23.9 Å². The molecule has 2 fully saturated rings. The number of carbonyl (C=O) groups excluding carboxylic acids is 1. The fourth-order valence-electron chi connectivity index (χ4n) is 6.30. The number of ether oxygens (including phenoxy) is 3. The molecule has 39 heavy (non-hydrogen) atoms. The Bertz CT molecular complexity index is 1330. The fraction of sp³-hybridized carbons (Fsp3) is 0.441. The molecule has 0 spiro atoms. The summed E-state index contributed by atoms with van der Waals surface area (Å²) in [6, 6.07) is 19.3. The summed E-state index contributed by atoms with van der Waals surface area (Å²) >= 11 is 0. The molecule has 4 nitrogen and oxygen atoms in total. The molecule has 5 rings (SSSR count). The SMILES string of the molecule is COC(=O)CC(c1cccc(OCc2ccc(-c3cc(OC)ccc3F)c([C@H]3CCCC3(C)C)c2)c1)C1CC1. The molecular weight excluding hydrogens is 491 g/mol. The summed E-state index contributed by atoms with van der Waals surface area (Å²) in [5, 5.41) is 0. The van der Waals surface area contributed by atoms with Gasteiger partial charge in [-0.15, -0.1) is 0 Å². The van der Waals surface area contributed by atoms with Crippen molar-refractivity contribution in [3.05, 3.63) is 83.2 Å². The lowest BCUT2D eigenvalue weighted by Gasteiger charge is -2.30. The predicted molar refractivity (Wildman–Crippen MR) is 152 cm³/mol. The minimum Gasteiger partial charge on any atom is -0.497 e. The van der Waals surface area contributed by atoms with Gasteiger partial charge >= 0.3 is 5.97 Å². The van der Waals surface area contributed by atoms with Crippen molar-refractivity contribution in [1.29, 1.82) is 0 Å². The Hall–Kier alpha value is -3.34. The second kappa shape index (κ2) is 11.4. The largest absolute Gasteiger partial charge is 0.497 e. The van der Waals surface area contributed by atoms with Crippen molar-refractivity contribution in [3.8, 4) is 22.6 Å². The first-order chi connectivity index (χ1) is 18.8. The van der Waals surface area contributed by atoms with Crippen LogP contribution in [0.1, 0.15) is 80.9 Å².